The number of carbonyl (C=O) groups is 2. The second-order valence-electron chi connectivity index (χ2n) is 3.15. The maximum atomic E-state index is 11.5. The Labute approximate surface area is 75.5 Å². The molecule has 0 aliphatic carbocycles. The normalized spacial score (nSPS) is 21.6. The SMILES string of the molecule is CC1=C2C(=O)N(C)C(C)=C2C(=O)O1. The number of hydrogen-bond acceptors (Lipinski definition) is 3. The summed E-state index contributed by atoms with van der Waals surface area (Å²) in [7, 11) is 1.65. The first-order chi connectivity index (χ1) is 6.04. The topological polar surface area (TPSA) is 46.6 Å². The van der Waals surface area contributed by atoms with Crippen LogP contribution in [0, 0.1) is 0 Å². The average molecular weight is 179 g/mol. The third-order valence-corrected chi connectivity index (χ3v) is 2.44. The van der Waals surface area contributed by atoms with Gasteiger partial charge in [-0.3, -0.25) is 4.79 Å². The highest BCUT2D eigenvalue weighted by Crippen LogP contribution is 2.36. The molecule has 0 fully saturated rings. The van der Waals surface area contributed by atoms with Crippen LogP contribution in [0.4, 0.5) is 0 Å². The summed E-state index contributed by atoms with van der Waals surface area (Å²) in [5.74, 6) is -0.160. The van der Waals surface area contributed by atoms with Gasteiger partial charge in [-0.1, -0.05) is 0 Å². The molecule has 2 aliphatic heterocycles. The zero-order valence-corrected chi connectivity index (χ0v) is 7.67. The number of allylic oxidation sites excluding steroid dienone is 2. The van der Waals surface area contributed by atoms with Gasteiger partial charge in [-0.05, 0) is 13.8 Å². The molecular formula is C9H9NO3. The molecule has 0 unspecified atom stereocenters. The number of ether oxygens (including phenoxy) is 1. The lowest BCUT2D eigenvalue weighted by Gasteiger charge is -2.10. The Morgan fingerprint density at radius 1 is 1.15 bits per heavy atom. The first-order valence-corrected chi connectivity index (χ1v) is 3.96. The molecule has 68 valence electrons. The third-order valence-electron chi connectivity index (χ3n) is 2.44. The van der Waals surface area contributed by atoms with Crippen molar-refractivity contribution in [1.82, 2.24) is 4.90 Å². The van der Waals surface area contributed by atoms with Crippen molar-refractivity contribution in [3.8, 4) is 0 Å². The fraction of sp³-hybridized carbons (Fsp3) is 0.333. The summed E-state index contributed by atoms with van der Waals surface area (Å²) in [6.07, 6.45) is 0. The second kappa shape index (κ2) is 2.22. The minimum Gasteiger partial charge on any atom is -0.427 e. The van der Waals surface area contributed by atoms with Gasteiger partial charge >= 0.3 is 5.97 Å². The van der Waals surface area contributed by atoms with Crippen LogP contribution in [-0.4, -0.2) is 23.8 Å². The van der Waals surface area contributed by atoms with Crippen LogP contribution in [0.2, 0.25) is 0 Å². The molecule has 13 heavy (non-hydrogen) atoms. The molecule has 4 nitrogen and oxygen atoms in total. The molecule has 0 radical (unpaired) electrons. The van der Waals surface area contributed by atoms with Gasteiger partial charge in [-0.25, -0.2) is 4.79 Å². The van der Waals surface area contributed by atoms with Gasteiger partial charge in [0.2, 0.25) is 0 Å². The van der Waals surface area contributed by atoms with E-state index in [1.54, 1.807) is 20.9 Å². The van der Waals surface area contributed by atoms with Gasteiger partial charge in [-0.15, -0.1) is 0 Å². The van der Waals surface area contributed by atoms with Crippen LogP contribution >= 0.6 is 0 Å². The molecule has 0 aromatic rings. The zero-order chi connectivity index (χ0) is 9.75. The van der Waals surface area contributed by atoms with Gasteiger partial charge in [-0.2, -0.15) is 0 Å². The number of cyclic esters (lactones) is 1. The molecule has 2 aliphatic rings. The Morgan fingerprint density at radius 2 is 1.77 bits per heavy atom. The van der Waals surface area contributed by atoms with Crippen molar-refractivity contribution >= 4 is 11.9 Å². The number of carbonyl (C=O) groups excluding carboxylic acids is 2. The first kappa shape index (κ1) is 8.04. The molecule has 4 heteroatoms. The summed E-state index contributed by atoms with van der Waals surface area (Å²) < 4.78 is 4.85. The predicted molar refractivity (Wildman–Crippen MR) is 44.3 cm³/mol. The Kier molecular flexibility index (Phi) is 1.37. The Balaban J connectivity index is 2.66. The molecule has 0 aromatic heterocycles. The third kappa shape index (κ3) is 0.798. The highest BCUT2D eigenvalue weighted by atomic mass is 16.5. The van der Waals surface area contributed by atoms with E-state index in [0.29, 0.717) is 22.6 Å². The predicted octanol–water partition coefficient (Wildman–Crippen LogP) is 0.563. The summed E-state index contributed by atoms with van der Waals surface area (Å²) in [6, 6.07) is 0. The quantitative estimate of drug-likeness (QED) is 0.510. The maximum Gasteiger partial charge on any atom is 0.345 e. The highest BCUT2D eigenvalue weighted by Gasteiger charge is 2.41. The number of rotatable bonds is 0. The van der Waals surface area contributed by atoms with E-state index in [1.165, 1.54) is 4.90 Å². The van der Waals surface area contributed by atoms with Crippen molar-refractivity contribution in [3.05, 3.63) is 22.6 Å². The van der Waals surface area contributed by atoms with Crippen molar-refractivity contribution in [1.29, 1.82) is 0 Å². The molecule has 0 saturated heterocycles. The number of hydrogen-bond donors (Lipinski definition) is 0. The molecule has 0 bridgehead atoms. The van der Waals surface area contributed by atoms with Crippen LogP contribution in [0.5, 0.6) is 0 Å². The van der Waals surface area contributed by atoms with Crippen LogP contribution in [0.1, 0.15) is 13.8 Å². The Morgan fingerprint density at radius 3 is 2.31 bits per heavy atom. The molecule has 0 N–H and O–H groups in total. The summed E-state index contributed by atoms with van der Waals surface area (Å²) in [4.78, 5) is 24.3. The lowest BCUT2D eigenvalue weighted by atomic mass is 10.1. The minimum atomic E-state index is -0.414. The summed E-state index contributed by atoms with van der Waals surface area (Å²) in [6.45, 7) is 3.37. The van der Waals surface area contributed by atoms with E-state index in [9.17, 15) is 9.59 Å². The van der Waals surface area contributed by atoms with Crippen LogP contribution in [0.15, 0.2) is 22.6 Å². The lowest BCUT2D eigenvalue weighted by molar-refractivity contribution is -0.133. The molecule has 2 heterocycles. The molecule has 1 amide bonds. The van der Waals surface area contributed by atoms with E-state index in [1.807, 2.05) is 0 Å². The van der Waals surface area contributed by atoms with E-state index in [2.05, 4.69) is 0 Å². The molecule has 0 saturated carbocycles. The van der Waals surface area contributed by atoms with Gasteiger partial charge in [0.05, 0.1) is 11.1 Å². The number of esters is 1. The average Bonchev–Trinajstić information content (AvgIpc) is 2.47. The van der Waals surface area contributed by atoms with Crippen LogP contribution in [0.3, 0.4) is 0 Å². The lowest BCUT2D eigenvalue weighted by Crippen LogP contribution is -2.20. The largest absolute Gasteiger partial charge is 0.427 e. The molecule has 0 atom stereocenters. The van der Waals surface area contributed by atoms with Gasteiger partial charge in [0, 0.05) is 12.7 Å². The minimum absolute atomic E-state index is 0.157. The van der Waals surface area contributed by atoms with Gasteiger partial charge in [0.25, 0.3) is 5.91 Å². The molecule has 2 rings (SSSR count). The van der Waals surface area contributed by atoms with Gasteiger partial charge in [0.1, 0.15) is 5.76 Å². The van der Waals surface area contributed by atoms with E-state index in [4.69, 9.17) is 4.74 Å². The smallest absolute Gasteiger partial charge is 0.345 e. The molecule has 0 aromatic carbocycles. The van der Waals surface area contributed by atoms with Crippen molar-refractivity contribution in [3.63, 3.8) is 0 Å². The fourth-order valence-corrected chi connectivity index (χ4v) is 1.59. The number of nitrogens with zero attached hydrogens (tertiary/aromatic N) is 1. The van der Waals surface area contributed by atoms with Crippen LogP contribution < -0.4 is 0 Å². The Bertz CT molecular complexity index is 390. The summed E-state index contributed by atoms with van der Waals surface area (Å²) in [5, 5.41) is 0. The number of likely N-dealkylation sites (N-methyl/N-ethyl adjacent to an activating group) is 1. The standard InChI is InChI=1S/C9H9NO3/c1-4-6-7(8(11)10(4)3)5(2)13-9(6)12/h1-3H3. The molecular weight excluding hydrogens is 170 g/mol. The maximum absolute atomic E-state index is 11.5. The van der Waals surface area contributed by atoms with E-state index in [-0.39, 0.29) is 5.91 Å². The summed E-state index contributed by atoms with van der Waals surface area (Å²) in [5.41, 5.74) is 1.51. The van der Waals surface area contributed by atoms with Crippen molar-refractivity contribution in [2.75, 3.05) is 7.05 Å². The van der Waals surface area contributed by atoms with Crippen molar-refractivity contribution in [2.45, 2.75) is 13.8 Å². The van der Waals surface area contributed by atoms with Gasteiger partial charge < -0.3 is 9.64 Å². The summed E-state index contributed by atoms with van der Waals surface area (Å²) >= 11 is 0. The fourth-order valence-electron chi connectivity index (χ4n) is 1.59. The van der Waals surface area contributed by atoms with E-state index in [0.717, 1.165) is 0 Å². The second-order valence-corrected chi connectivity index (χ2v) is 3.15. The van der Waals surface area contributed by atoms with E-state index < -0.39 is 5.97 Å². The monoisotopic (exact) mass is 179 g/mol. The zero-order valence-electron chi connectivity index (χ0n) is 7.67. The first-order valence-electron chi connectivity index (χ1n) is 3.96. The van der Waals surface area contributed by atoms with Crippen LogP contribution in [0.25, 0.3) is 0 Å². The van der Waals surface area contributed by atoms with Gasteiger partial charge in [0.15, 0.2) is 0 Å². The van der Waals surface area contributed by atoms with Crippen molar-refractivity contribution < 1.29 is 14.3 Å². The van der Waals surface area contributed by atoms with Crippen molar-refractivity contribution in [2.24, 2.45) is 0 Å². The Hall–Kier alpha value is -1.58. The number of fused-ring (bicyclic) bond motifs is 1. The molecule has 0 spiro atoms. The van der Waals surface area contributed by atoms with Crippen LogP contribution in [-0.2, 0) is 14.3 Å². The number of amides is 1. The van der Waals surface area contributed by atoms with E-state index >= 15 is 0 Å². The highest BCUT2D eigenvalue weighted by molar-refractivity contribution is 6.16.